The second-order valence-electron chi connectivity index (χ2n) is 8.08. The van der Waals surface area contributed by atoms with Crippen LogP contribution in [0.4, 0.5) is 0 Å². The molecule has 1 aliphatic heterocycles. The molecular weight excluding hydrogens is 491 g/mol. The van der Waals surface area contributed by atoms with Crippen LogP contribution in [-0.2, 0) is 6.54 Å². The molecule has 174 valence electrons. The molecule has 4 aromatic rings. The van der Waals surface area contributed by atoms with Gasteiger partial charge in [-0.2, -0.15) is 0 Å². The summed E-state index contributed by atoms with van der Waals surface area (Å²) >= 11 is 8.80. The number of fused-ring (bicyclic) bond motifs is 2. The summed E-state index contributed by atoms with van der Waals surface area (Å²) in [5.74, 6) is 1.71. The van der Waals surface area contributed by atoms with Gasteiger partial charge >= 0.3 is 0 Å². The number of ether oxygens (including phenoxy) is 1. The molecule has 4 aromatic carbocycles. The molecule has 0 spiro atoms. The lowest BCUT2D eigenvalue weighted by atomic mass is 10.0. The maximum absolute atomic E-state index is 13.4. The van der Waals surface area contributed by atoms with Crippen LogP contribution in [0.5, 0.6) is 11.5 Å². The fraction of sp³-hybridized carbons (Fsp3) is 0.103. The Balaban J connectivity index is 1.29. The first-order valence-electron chi connectivity index (χ1n) is 11.3. The Bertz CT molecular complexity index is 1340. The third kappa shape index (κ3) is 5.96. The molecule has 0 aliphatic carbocycles. The summed E-state index contributed by atoms with van der Waals surface area (Å²) in [7, 11) is 0. The summed E-state index contributed by atoms with van der Waals surface area (Å²) < 4.78 is 6.70. The molecule has 0 saturated carbocycles. The third-order valence-electron chi connectivity index (χ3n) is 5.63. The lowest BCUT2D eigenvalue weighted by molar-refractivity contribution is 0.0982. The Labute approximate surface area is 219 Å². The largest absolute Gasteiger partial charge is 0.455 e. The predicted octanol–water partition coefficient (Wildman–Crippen LogP) is 8.07. The average Bonchev–Trinajstić information content (AvgIpc) is 2.91. The second kappa shape index (κ2) is 11.1. The molecule has 1 unspecified atom stereocenters. The van der Waals surface area contributed by atoms with E-state index in [0.717, 1.165) is 32.4 Å². The molecule has 3 nitrogen and oxygen atoms in total. The van der Waals surface area contributed by atoms with Gasteiger partial charge in [0.1, 0.15) is 15.8 Å². The highest BCUT2D eigenvalue weighted by atomic mass is 32.2. The number of ketones is 1. The summed E-state index contributed by atoms with van der Waals surface area (Å²) in [5, 5.41) is 3.24. The number of hydrogen-bond donors (Lipinski definition) is 1. The Morgan fingerprint density at radius 3 is 2.34 bits per heavy atom. The maximum Gasteiger partial charge on any atom is 0.164 e. The van der Waals surface area contributed by atoms with Gasteiger partial charge in [0.25, 0.3) is 0 Å². The lowest BCUT2D eigenvalue weighted by Crippen LogP contribution is -2.19. The molecule has 1 N–H and O–H groups in total. The van der Waals surface area contributed by atoms with Crippen LogP contribution in [0.3, 0.4) is 0 Å². The van der Waals surface area contributed by atoms with Gasteiger partial charge in [-0.1, -0.05) is 109 Å². The number of nitrogens with one attached hydrogen (secondary N) is 1. The van der Waals surface area contributed by atoms with Crippen LogP contribution in [0.25, 0.3) is 0 Å². The molecule has 0 bridgehead atoms. The van der Waals surface area contributed by atoms with Crippen LogP contribution in [0.1, 0.15) is 33.2 Å². The van der Waals surface area contributed by atoms with Crippen molar-refractivity contribution >= 4 is 45.8 Å². The number of benzene rings is 4. The standard InChI is InChI=1S/C29H23NO2S3/c31-23(22-15-16-25-28(17-22)34-26-14-8-7-13-24(26)32-25)18-27(21-11-5-2-6-12-21)35-29(33)30-19-20-9-3-1-4-10-20/h1-17,27H,18-19H2,(H,30,33). The highest BCUT2D eigenvalue weighted by molar-refractivity contribution is 8.23. The van der Waals surface area contributed by atoms with E-state index in [1.807, 2.05) is 78.9 Å². The smallest absolute Gasteiger partial charge is 0.164 e. The maximum atomic E-state index is 13.4. The quantitative estimate of drug-likeness (QED) is 0.175. The van der Waals surface area contributed by atoms with Crippen LogP contribution < -0.4 is 10.1 Å². The number of rotatable bonds is 7. The van der Waals surface area contributed by atoms with Gasteiger partial charge in [-0.15, -0.1) is 0 Å². The Morgan fingerprint density at radius 2 is 1.54 bits per heavy atom. The van der Waals surface area contributed by atoms with Crippen molar-refractivity contribution in [2.24, 2.45) is 0 Å². The van der Waals surface area contributed by atoms with Crippen molar-refractivity contribution < 1.29 is 9.53 Å². The van der Waals surface area contributed by atoms with Gasteiger partial charge in [0, 0.05) is 23.8 Å². The summed E-state index contributed by atoms with van der Waals surface area (Å²) in [6.07, 6.45) is 0.350. The third-order valence-corrected chi connectivity index (χ3v) is 8.24. The van der Waals surface area contributed by atoms with Crippen molar-refractivity contribution in [3.8, 4) is 11.5 Å². The first kappa shape index (κ1) is 23.7. The normalized spacial score (nSPS) is 12.6. The highest BCUT2D eigenvalue weighted by Gasteiger charge is 2.23. The van der Waals surface area contributed by atoms with E-state index in [2.05, 4.69) is 29.6 Å². The van der Waals surface area contributed by atoms with Gasteiger partial charge in [0.15, 0.2) is 5.78 Å². The molecule has 1 heterocycles. The van der Waals surface area contributed by atoms with Gasteiger partial charge in [0.05, 0.1) is 9.79 Å². The number of carbonyl (C=O) groups is 1. The number of hydrogen-bond acceptors (Lipinski definition) is 5. The minimum absolute atomic E-state index is 0.0828. The molecule has 1 atom stereocenters. The van der Waals surface area contributed by atoms with Crippen molar-refractivity contribution in [2.45, 2.75) is 28.0 Å². The fourth-order valence-corrected chi connectivity index (χ4v) is 6.18. The Morgan fingerprint density at radius 1 is 0.857 bits per heavy atom. The monoisotopic (exact) mass is 513 g/mol. The summed E-state index contributed by atoms with van der Waals surface area (Å²) in [6.45, 7) is 0.658. The van der Waals surface area contributed by atoms with Crippen molar-refractivity contribution in [2.75, 3.05) is 0 Å². The minimum atomic E-state index is -0.0832. The zero-order valence-corrected chi connectivity index (χ0v) is 21.3. The van der Waals surface area contributed by atoms with Crippen molar-refractivity contribution in [3.05, 3.63) is 120 Å². The van der Waals surface area contributed by atoms with Crippen LogP contribution >= 0.6 is 35.7 Å². The van der Waals surface area contributed by atoms with Crippen molar-refractivity contribution in [1.29, 1.82) is 0 Å². The first-order valence-corrected chi connectivity index (χ1v) is 13.4. The molecular formula is C29H23NO2S3. The van der Waals surface area contributed by atoms with E-state index < -0.39 is 0 Å². The number of thiocarbonyl (C=S) groups is 1. The van der Waals surface area contributed by atoms with Crippen molar-refractivity contribution in [1.82, 2.24) is 5.32 Å². The molecule has 0 radical (unpaired) electrons. The number of Topliss-reactive ketones (excluding diaryl/α,β-unsaturated/α-hetero) is 1. The summed E-state index contributed by atoms with van der Waals surface area (Å²) in [6, 6.07) is 33.9. The van der Waals surface area contributed by atoms with Crippen LogP contribution in [0.2, 0.25) is 0 Å². The van der Waals surface area contributed by atoms with Gasteiger partial charge in [-0.25, -0.2) is 0 Å². The molecule has 0 amide bonds. The van der Waals surface area contributed by atoms with E-state index in [4.69, 9.17) is 17.0 Å². The average molecular weight is 514 g/mol. The highest BCUT2D eigenvalue weighted by Crippen LogP contribution is 2.47. The Kier molecular flexibility index (Phi) is 7.52. The van der Waals surface area contributed by atoms with Gasteiger partial charge in [-0.3, -0.25) is 4.79 Å². The molecule has 6 heteroatoms. The zero-order chi connectivity index (χ0) is 24.0. The Hall–Kier alpha value is -3.06. The first-order chi connectivity index (χ1) is 17.2. The van der Waals surface area contributed by atoms with E-state index in [1.165, 1.54) is 11.8 Å². The van der Waals surface area contributed by atoms with Crippen LogP contribution in [0, 0.1) is 0 Å². The predicted molar refractivity (Wildman–Crippen MR) is 149 cm³/mol. The van der Waals surface area contributed by atoms with Gasteiger partial charge < -0.3 is 10.1 Å². The molecule has 5 rings (SSSR count). The van der Waals surface area contributed by atoms with E-state index in [0.29, 0.717) is 22.8 Å². The molecule has 0 aromatic heterocycles. The molecule has 0 fully saturated rings. The topological polar surface area (TPSA) is 38.3 Å². The summed E-state index contributed by atoms with van der Waals surface area (Å²) in [4.78, 5) is 15.4. The van der Waals surface area contributed by atoms with Gasteiger partial charge in [-0.05, 0) is 41.5 Å². The molecule has 1 aliphatic rings. The minimum Gasteiger partial charge on any atom is -0.455 e. The molecule has 35 heavy (non-hydrogen) atoms. The van der Waals surface area contributed by atoms with E-state index >= 15 is 0 Å². The van der Waals surface area contributed by atoms with E-state index in [-0.39, 0.29) is 11.0 Å². The van der Waals surface area contributed by atoms with Crippen LogP contribution in [-0.4, -0.2) is 10.1 Å². The van der Waals surface area contributed by atoms with Gasteiger partial charge in [0.2, 0.25) is 0 Å². The summed E-state index contributed by atoms with van der Waals surface area (Å²) in [5.41, 5.74) is 2.93. The number of thioether (sulfide) groups is 1. The second-order valence-corrected chi connectivity index (χ2v) is 11.0. The zero-order valence-electron chi connectivity index (χ0n) is 18.8. The number of carbonyl (C=O) groups excluding carboxylic acids is 1. The number of para-hydroxylation sites is 1. The lowest BCUT2D eigenvalue weighted by Gasteiger charge is -2.21. The SMILES string of the molecule is O=C(CC(SC(=S)NCc1ccccc1)c1ccccc1)c1ccc2c(c1)Sc1ccccc1O2. The van der Waals surface area contributed by atoms with Crippen LogP contribution in [0.15, 0.2) is 113 Å². The van der Waals surface area contributed by atoms with E-state index in [1.54, 1.807) is 11.8 Å². The fourth-order valence-electron chi connectivity index (χ4n) is 3.82. The molecule has 0 saturated heterocycles. The van der Waals surface area contributed by atoms with E-state index in [9.17, 15) is 4.79 Å². The van der Waals surface area contributed by atoms with Crippen molar-refractivity contribution in [3.63, 3.8) is 0 Å².